The molecule has 4 nitrogen and oxygen atoms in total. The van der Waals surface area contributed by atoms with Gasteiger partial charge in [0.2, 0.25) is 0 Å². The maximum absolute atomic E-state index is 11.8. The number of rotatable bonds is 3. The third-order valence-corrected chi connectivity index (χ3v) is 3.94. The molecule has 3 rings (SSSR count). The summed E-state index contributed by atoms with van der Waals surface area (Å²) in [5, 5.41) is 2.69. The number of carbonyl (C=O) groups is 1. The number of aromatic nitrogens is 1. The van der Waals surface area contributed by atoms with Crippen molar-refractivity contribution in [3.8, 4) is 0 Å². The zero-order valence-electron chi connectivity index (χ0n) is 10.9. The maximum Gasteiger partial charge on any atom is 0.411 e. The first-order valence-electron chi connectivity index (χ1n) is 6.24. The Bertz CT molecular complexity index is 774. The molecule has 6 heteroatoms. The lowest BCUT2D eigenvalue weighted by molar-refractivity contribution is 0.155. The van der Waals surface area contributed by atoms with Gasteiger partial charge in [0.25, 0.3) is 0 Å². The van der Waals surface area contributed by atoms with Gasteiger partial charge < -0.3 is 4.74 Å². The number of anilines is 1. The molecule has 1 N–H and O–H groups in total. The van der Waals surface area contributed by atoms with Crippen molar-refractivity contribution in [1.82, 2.24) is 4.98 Å². The first kappa shape index (κ1) is 13.9. The van der Waals surface area contributed by atoms with Gasteiger partial charge in [-0.15, -0.1) is 11.3 Å². The van der Waals surface area contributed by atoms with Gasteiger partial charge in [-0.1, -0.05) is 41.9 Å². The highest BCUT2D eigenvalue weighted by Gasteiger charge is 2.06. The van der Waals surface area contributed by atoms with Crippen molar-refractivity contribution in [2.45, 2.75) is 6.61 Å². The summed E-state index contributed by atoms with van der Waals surface area (Å²) in [6.07, 6.45) is -0.492. The van der Waals surface area contributed by atoms with E-state index in [1.165, 1.54) is 11.3 Å². The smallest absolute Gasteiger partial charge is 0.411 e. The zero-order chi connectivity index (χ0) is 14.7. The average molecular weight is 319 g/mol. The number of carbonyl (C=O) groups excluding carboxylic acids is 1. The third-order valence-electron chi connectivity index (χ3n) is 2.82. The van der Waals surface area contributed by atoms with E-state index < -0.39 is 6.09 Å². The number of benzene rings is 2. The lowest BCUT2D eigenvalue weighted by atomic mass is 10.2. The predicted octanol–water partition coefficient (Wildman–Crippen LogP) is 4.70. The number of nitrogens with one attached hydrogen (secondary N) is 1. The summed E-state index contributed by atoms with van der Waals surface area (Å²) in [4.78, 5) is 15.9. The standard InChI is InChI=1S/C15H11ClN2O2S/c16-14-18-12-7-6-11(8-13(12)21-14)17-15(19)20-9-10-4-2-1-3-5-10/h1-8H,9H2,(H,17,19). The minimum Gasteiger partial charge on any atom is -0.444 e. The van der Waals surface area contributed by atoms with Crippen LogP contribution in [-0.2, 0) is 11.3 Å². The topological polar surface area (TPSA) is 51.2 Å². The number of fused-ring (bicyclic) bond motifs is 1. The number of nitrogens with zero attached hydrogens (tertiary/aromatic N) is 1. The van der Waals surface area contributed by atoms with Gasteiger partial charge in [0.1, 0.15) is 6.61 Å². The fourth-order valence-corrected chi connectivity index (χ4v) is 2.92. The van der Waals surface area contributed by atoms with Crippen LogP contribution in [0.4, 0.5) is 10.5 Å². The van der Waals surface area contributed by atoms with Crippen LogP contribution < -0.4 is 5.32 Å². The number of hydrogen-bond donors (Lipinski definition) is 1. The van der Waals surface area contributed by atoms with Crippen LogP contribution in [0.5, 0.6) is 0 Å². The minimum atomic E-state index is -0.492. The number of hydrogen-bond acceptors (Lipinski definition) is 4. The predicted molar refractivity (Wildman–Crippen MR) is 84.9 cm³/mol. The van der Waals surface area contributed by atoms with Crippen LogP contribution in [0.25, 0.3) is 10.2 Å². The van der Waals surface area contributed by atoms with Gasteiger partial charge in [-0.3, -0.25) is 5.32 Å². The summed E-state index contributed by atoms with van der Waals surface area (Å²) >= 11 is 7.22. The Morgan fingerprint density at radius 2 is 2.05 bits per heavy atom. The number of ether oxygens (including phenoxy) is 1. The van der Waals surface area contributed by atoms with Crippen molar-refractivity contribution in [3.05, 3.63) is 58.6 Å². The van der Waals surface area contributed by atoms with Crippen LogP contribution in [0, 0.1) is 0 Å². The van der Waals surface area contributed by atoms with E-state index in [9.17, 15) is 4.79 Å². The second-order valence-corrected chi connectivity index (χ2v) is 5.95. The first-order chi connectivity index (χ1) is 10.2. The maximum atomic E-state index is 11.8. The molecule has 0 bridgehead atoms. The normalized spacial score (nSPS) is 10.5. The lowest BCUT2D eigenvalue weighted by Gasteiger charge is -2.07. The molecule has 0 radical (unpaired) electrons. The van der Waals surface area contributed by atoms with E-state index in [0.717, 1.165) is 15.8 Å². The Labute approximate surface area is 130 Å². The molecule has 106 valence electrons. The first-order valence-corrected chi connectivity index (χ1v) is 7.44. The summed E-state index contributed by atoms with van der Waals surface area (Å²) < 4.78 is 6.56. The molecule has 0 unspecified atom stereocenters. The second kappa shape index (κ2) is 6.11. The van der Waals surface area contributed by atoms with E-state index >= 15 is 0 Å². The largest absolute Gasteiger partial charge is 0.444 e. The molecule has 0 fully saturated rings. The number of halogens is 1. The SMILES string of the molecule is O=C(Nc1ccc2nc(Cl)sc2c1)OCc1ccccc1. The highest BCUT2D eigenvalue weighted by atomic mass is 35.5. The molecule has 1 aromatic heterocycles. The van der Waals surface area contributed by atoms with E-state index in [1.54, 1.807) is 6.07 Å². The Kier molecular flexibility index (Phi) is 4.03. The molecule has 21 heavy (non-hydrogen) atoms. The number of thiazole rings is 1. The van der Waals surface area contributed by atoms with E-state index in [-0.39, 0.29) is 6.61 Å². The molecule has 2 aromatic carbocycles. The van der Waals surface area contributed by atoms with Gasteiger partial charge >= 0.3 is 6.09 Å². The highest BCUT2D eigenvalue weighted by Crippen LogP contribution is 2.28. The van der Waals surface area contributed by atoms with Crippen molar-refractivity contribution < 1.29 is 9.53 Å². The molecule has 3 aromatic rings. The van der Waals surface area contributed by atoms with Crippen molar-refractivity contribution >= 4 is 44.9 Å². The van der Waals surface area contributed by atoms with Crippen molar-refractivity contribution in [2.24, 2.45) is 0 Å². The van der Waals surface area contributed by atoms with Crippen molar-refractivity contribution in [2.75, 3.05) is 5.32 Å². The quantitative estimate of drug-likeness (QED) is 0.761. The Balaban J connectivity index is 1.63. The van der Waals surface area contributed by atoms with E-state index in [1.807, 2.05) is 42.5 Å². The minimum absolute atomic E-state index is 0.237. The van der Waals surface area contributed by atoms with Crippen molar-refractivity contribution in [3.63, 3.8) is 0 Å². The van der Waals surface area contributed by atoms with Crippen LogP contribution in [0.3, 0.4) is 0 Å². The summed E-state index contributed by atoms with van der Waals surface area (Å²) in [6, 6.07) is 14.9. The summed E-state index contributed by atoms with van der Waals surface area (Å²) in [5.41, 5.74) is 2.41. The molecule has 0 aliphatic heterocycles. The molecular weight excluding hydrogens is 308 g/mol. The van der Waals surface area contributed by atoms with Crippen LogP contribution >= 0.6 is 22.9 Å². The van der Waals surface area contributed by atoms with Crippen molar-refractivity contribution in [1.29, 1.82) is 0 Å². The molecule has 0 spiro atoms. The van der Waals surface area contributed by atoms with Crippen LogP contribution in [0.2, 0.25) is 4.47 Å². The molecule has 0 saturated heterocycles. The molecule has 0 atom stereocenters. The van der Waals surface area contributed by atoms with Gasteiger partial charge in [0, 0.05) is 5.69 Å². The van der Waals surface area contributed by atoms with Gasteiger partial charge in [0.15, 0.2) is 4.47 Å². The van der Waals surface area contributed by atoms with Gasteiger partial charge in [-0.05, 0) is 23.8 Å². The van der Waals surface area contributed by atoms with E-state index in [0.29, 0.717) is 10.2 Å². The van der Waals surface area contributed by atoms with E-state index in [2.05, 4.69) is 10.3 Å². The molecule has 0 aliphatic rings. The lowest BCUT2D eigenvalue weighted by Crippen LogP contribution is -2.13. The van der Waals surface area contributed by atoms with Crippen LogP contribution in [0.15, 0.2) is 48.5 Å². The summed E-state index contributed by atoms with van der Waals surface area (Å²) in [6.45, 7) is 0.237. The second-order valence-electron chi connectivity index (χ2n) is 4.34. The Morgan fingerprint density at radius 3 is 2.86 bits per heavy atom. The summed E-state index contributed by atoms with van der Waals surface area (Å²) in [7, 11) is 0. The van der Waals surface area contributed by atoms with E-state index in [4.69, 9.17) is 16.3 Å². The van der Waals surface area contributed by atoms with Crippen LogP contribution in [-0.4, -0.2) is 11.1 Å². The van der Waals surface area contributed by atoms with Gasteiger partial charge in [0.05, 0.1) is 10.2 Å². The number of amides is 1. The molecule has 0 saturated carbocycles. The van der Waals surface area contributed by atoms with Gasteiger partial charge in [-0.2, -0.15) is 0 Å². The molecule has 0 aliphatic carbocycles. The highest BCUT2D eigenvalue weighted by molar-refractivity contribution is 7.22. The third kappa shape index (κ3) is 3.51. The Hall–Kier alpha value is -2.11. The Morgan fingerprint density at radius 1 is 1.24 bits per heavy atom. The molecular formula is C15H11ClN2O2S. The molecule has 1 heterocycles. The molecule has 1 amide bonds. The van der Waals surface area contributed by atoms with Crippen LogP contribution in [0.1, 0.15) is 5.56 Å². The zero-order valence-corrected chi connectivity index (χ0v) is 12.4. The average Bonchev–Trinajstić information content (AvgIpc) is 2.85. The fraction of sp³-hybridized carbons (Fsp3) is 0.0667. The monoisotopic (exact) mass is 318 g/mol. The van der Waals surface area contributed by atoms with Gasteiger partial charge in [-0.25, -0.2) is 9.78 Å². The summed E-state index contributed by atoms with van der Waals surface area (Å²) in [5.74, 6) is 0. The fourth-order valence-electron chi connectivity index (χ4n) is 1.85.